The lowest BCUT2D eigenvalue weighted by molar-refractivity contribution is -0.159. The molecule has 1 saturated heterocycles. The second-order valence-electron chi connectivity index (χ2n) is 20.2. The third kappa shape index (κ3) is 39.6. The van der Waals surface area contributed by atoms with Crippen molar-refractivity contribution < 1.29 is 57.0 Å². The van der Waals surface area contributed by atoms with Gasteiger partial charge in [0.1, 0.15) is 24.9 Å². The molecule has 13 heteroatoms. The van der Waals surface area contributed by atoms with Gasteiger partial charge in [0.25, 0.3) is 0 Å². The minimum Gasteiger partial charge on any atom is -0.463 e. The molecule has 1 rings (SSSR count). The first-order chi connectivity index (χ1) is 34.2. The van der Waals surface area contributed by atoms with Crippen molar-refractivity contribution in [2.75, 3.05) is 99.4 Å². The summed E-state index contributed by atoms with van der Waals surface area (Å²) in [4.78, 5) is 39.9. The van der Waals surface area contributed by atoms with Crippen LogP contribution in [0.1, 0.15) is 227 Å². The number of carbonyl (C=O) groups excluding carboxylic acids is 3. The van der Waals surface area contributed by atoms with Crippen LogP contribution in [0.2, 0.25) is 0 Å². The van der Waals surface area contributed by atoms with Crippen molar-refractivity contribution in [1.29, 1.82) is 0 Å². The number of hydrogen-bond donors (Lipinski definition) is 0. The summed E-state index contributed by atoms with van der Waals surface area (Å²) in [6.45, 7) is 18.2. The van der Waals surface area contributed by atoms with Gasteiger partial charge in [0, 0.05) is 26.1 Å². The molecule has 0 aromatic rings. The first-order valence-electron chi connectivity index (χ1n) is 28.9. The average molecular weight is 1000 g/mol. The molecular formula is C57H109NO12. The van der Waals surface area contributed by atoms with E-state index in [-0.39, 0.29) is 42.8 Å². The molecule has 1 aliphatic heterocycles. The standard InChI is InChI=1S/C57H109NO12/c1-7-11-15-23-31-51(29-13-9-3)69-54(59)33-25-19-17-21-27-39-65-49-53(67-40-28-22-18-20-26-34-55(60)70-52(30-14-10-4)32-24-16-12-8-2)50-66-46-45-63-42-41-62-43-44-64-47-48-68-56(61)57(5)35-37-58(6)38-36-57/h51-53H,7-50H2,1-6H3. The van der Waals surface area contributed by atoms with Crippen molar-refractivity contribution in [3.63, 3.8) is 0 Å². The fourth-order valence-electron chi connectivity index (χ4n) is 8.55. The van der Waals surface area contributed by atoms with Crippen molar-refractivity contribution in [1.82, 2.24) is 4.90 Å². The third-order valence-corrected chi connectivity index (χ3v) is 13.4. The molecule has 0 aromatic carbocycles. The molecule has 70 heavy (non-hydrogen) atoms. The van der Waals surface area contributed by atoms with Crippen LogP contribution in [0.15, 0.2) is 0 Å². The van der Waals surface area contributed by atoms with Gasteiger partial charge >= 0.3 is 17.9 Å². The summed E-state index contributed by atoms with van der Waals surface area (Å²) < 4.78 is 52.5. The largest absolute Gasteiger partial charge is 0.463 e. The van der Waals surface area contributed by atoms with Crippen molar-refractivity contribution >= 4 is 17.9 Å². The van der Waals surface area contributed by atoms with E-state index >= 15 is 0 Å². The van der Waals surface area contributed by atoms with Gasteiger partial charge in [-0.05, 0) is 104 Å². The van der Waals surface area contributed by atoms with Crippen LogP contribution >= 0.6 is 0 Å². The molecule has 414 valence electrons. The zero-order chi connectivity index (χ0) is 51.0. The highest BCUT2D eigenvalue weighted by Crippen LogP contribution is 2.31. The van der Waals surface area contributed by atoms with Gasteiger partial charge in [-0.1, -0.05) is 130 Å². The Morgan fingerprint density at radius 1 is 0.429 bits per heavy atom. The second-order valence-corrected chi connectivity index (χ2v) is 20.2. The van der Waals surface area contributed by atoms with Gasteiger partial charge in [0.2, 0.25) is 0 Å². The molecular weight excluding hydrogens is 891 g/mol. The second kappa shape index (κ2) is 48.1. The SMILES string of the molecule is CCCCCCC(CCCC)OC(=O)CCCCCCCOCC(COCCOCCOCCOCCOC(=O)C1(C)CCN(C)CC1)OCCCCCCCC(=O)OC(CCCC)CCCCCC. The van der Waals surface area contributed by atoms with E-state index in [0.29, 0.717) is 85.5 Å². The van der Waals surface area contributed by atoms with E-state index in [1.807, 2.05) is 6.92 Å². The lowest BCUT2D eigenvalue weighted by Gasteiger charge is -2.35. The van der Waals surface area contributed by atoms with E-state index in [2.05, 4.69) is 39.6 Å². The van der Waals surface area contributed by atoms with E-state index in [0.717, 1.165) is 154 Å². The minimum absolute atomic E-state index is 0.0336. The lowest BCUT2D eigenvalue weighted by Crippen LogP contribution is -2.42. The average Bonchev–Trinajstić information content (AvgIpc) is 3.35. The molecule has 0 radical (unpaired) electrons. The zero-order valence-corrected chi connectivity index (χ0v) is 46.2. The maximum absolute atomic E-state index is 12.6. The summed E-state index contributed by atoms with van der Waals surface area (Å²) in [5.41, 5.74) is -0.398. The van der Waals surface area contributed by atoms with Crippen LogP contribution in [0.3, 0.4) is 0 Å². The summed E-state index contributed by atoms with van der Waals surface area (Å²) in [6.07, 6.45) is 30.7. The molecule has 0 saturated carbocycles. The fraction of sp³-hybridized carbons (Fsp3) is 0.947. The van der Waals surface area contributed by atoms with Gasteiger partial charge in [-0.2, -0.15) is 0 Å². The fourth-order valence-corrected chi connectivity index (χ4v) is 8.55. The van der Waals surface area contributed by atoms with Gasteiger partial charge in [0.15, 0.2) is 0 Å². The molecule has 3 unspecified atom stereocenters. The zero-order valence-electron chi connectivity index (χ0n) is 46.2. The van der Waals surface area contributed by atoms with E-state index in [9.17, 15) is 14.4 Å². The number of likely N-dealkylation sites (tertiary alicyclic amines) is 1. The summed E-state index contributed by atoms with van der Waals surface area (Å²) >= 11 is 0. The Morgan fingerprint density at radius 2 is 0.814 bits per heavy atom. The topological polar surface area (TPSA) is 138 Å². The molecule has 0 N–H and O–H groups in total. The Hall–Kier alpha value is -1.87. The quantitative estimate of drug-likeness (QED) is 0.0325. The smallest absolute Gasteiger partial charge is 0.311 e. The van der Waals surface area contributed by atoms with Gasteiger partial charge in [-0.15, -0.1) is 0 Å². The normalized spacial score (nSPS) is 15.2. The van der Waals surface area contributed by atoms with Crippen LogP contribution < -0.4 is 0 Å². The molecule has 1 aliphatic rings. The Labute approximate surface area is 428 Å². The van der Waals surface area contributed by atoms with Gasteiger partial charge < -0.3 is 47.5 Å². The van der Waals surface area contributed by atoms with Crippen molar-refractivity contribution in [2.45, 2.75) is 246 Å². The van der Waals surface area contributed by atoms with E-state index in [4.69, 9.17) is 42.6 Å². The van der Waals surface area contributed by atoms with Crippen LogP contribution in [-0.4, -0.2) is 141 Å². The maximum atomic E-state index is 12.6. The number of carbonyl (C=O) groups is 3. The Bertz CT molecular complexity index is 1180. The van der Waals surface area contributed by atoms with Crippen LogP contribution in [0, 0.1) is 5.41 Å². The van der Waals surface area contributed by atoms with E-state index in [1.165, 1.54) is 38.5 Å². The molecule has 3 atom stereocenters. The minimum atomic E-state index is -0.398. The molecule has 0 aliphatic carbocycles. The summed E-state index contributed by atoms with van der Waals surface area (Å²) in [7, 11) is 2.08. The van der Waals surface area contributed by atoms with Crippen LogP contribution in [0.4, 0.5) is 0 Å². The molecule has 0 aromatic heterocycles. The number of nitrogens with zero attached hydrogens (tertiary/aromatic N) is 1. The number of unbranched alkanes of at least 4 members (excludes halogenated alkanes) is 16. The predicted molar refractivity (Wildman–Crippen MR) is 281 cm³/mol. The van der Waals surface area contributed by atoms with Crippen LogP contribution in [-0.2, 0) is 57.0 Å². The van der Waals surface area contributed by atoms with Crippen molar-refractivity contribution in [2.24, 2.45) is 5.41 Å². The van der Waals surface area contributed by atoms with E-state index in [1.54, 1.807) is 0 Å². The number of hydrogen-bond acceptors (Lipinski definition) is 13. The number of ether oxygens (including phenoxy) is 9. The van der Waals surface area contributed by atoms with Gasteiger partial charge in [0.05, 0.1) is 64.9 Å². The Kier molecular flexibility index (Phi) is 45.4. The molecule has 0 spiro atoms. The summed E-state index contributed by atoms with van der Waals surface area (Å²) in [5, 5.41) is 0. The summed E-state index contributed by atoms with van der Waals surface area (Å²) in [5.74, 6) is -0.199. The monoisotopic (exact) mass is 1000 g/mol. The molecule has 1 fully saturated rings. The van der Waals surface area contributed by atoms with Gasteiger partial charge in [-0.3, -0.25) is 14.4 Å². The first-order valence-corrected chi connectivity index (χ1v) is 28.9. The first kappa shape index (κ1) is 66.1. The van der Waals surface area contributed by atoms with E-state index < -0.39 is 5.41 Å². The highest BCUT2D eigenvalue weighted by atomic mass is 16.6. The summed E-state index contributed by atoms with van der Waals surface area (Å²) in [6, 6.07) is 0. The highest BCUT2D eigenvalue weighted by Gasteiger charge is 2.37. The Morgan fingerprint density at radius 3 is 1.30 bits per heavy atom. The molecule has 0 amide bonds. The van der Waals surface area contributed by atoms with Crippen LogP contribution in [0.25, 0.3) is 0 Å². The molecule has 1 heterocycles. The van der Waals surface area contributed by atoms with Crippen molar-refractivity contribution in [3.05, 3.63) is 0 Å². The molecule has 13 nitrogen and oxygen atoms in total. The number of piperidine rings is 1. The van der Waals surface area contributed by atoms with Crippen molar-refractivity contribution in [3.8, 4) is 0 Å². The number of esters is 3. The van der Waals surface area contributed by atoms with Crippen LogP contribution in [0.5, 0.6) is 0 Å². The molecule has 0 bridgehead atoms. The van der Waals surface area contributed by atoms with Gasteiger partial charge in [-0.25, -0.2) is 0 Å². The highest BCUT2D eigenvalue weighted by molar-refractivity contribution is 5.76. The Balaban J connectivity index is 2.31. The third-order valence-electron chi connectivity index (χ3n) is 13.4. The lowest BCUT2D eigenvalue weighted by atomic mass is 9.80. The predicted octanol–water partition coefficient (Wildman–Crippen LogP) is 12.6. The maximum Gasteiger partial charge on any atom is 0.311 e. The number of rotatable bonds is 52.